The van der Waals surface area contributed by atoms with Gasteiger partial charge in [-0.1, -0.05) is 13.3 Å². The van der Waals surface area contributed by atoms with E-state index in [0.717, 1.165) is 38.9 Å². The van der Waals surface area contributed by atoms with E-state index in [1.54, 1.807) is 6.07 Å². The minimum atomic E-state index is -3.67. The van der Waals surface area contributed by atoms with E-state index in [0.29, 0.717) is 36.5 Å². The van der Waals surface area contributed by atoms with Gasteiger partial charge in [-0.3, -0.25) is 9.59 Å². The summed E-state index contributed by atoms with van der Waals surface area (Å²) in [6.07, 6.45) is 6.44. The first-order chi connectivity index (χ1) is 15.8. The highest BCUT2D eigenvalue weighted by Crippen LogP contribution is 2.26. The molecule has 2 saturated heterocycles. The van der Waals surface area contributed by atoms with E-state index in [9.17, 15) is 18.0 Å². The number of carbonyl (C=O) groups is 1. The lowest BCUT2D eigenvalue weighted by Crippen LogP contribution is -2.39. The zero-order chi connectivity index (χ0) is 23.4. The van der Waals surface area contributed by atoms with E-state index < -0.39 is 10.0 Å². The van der Waals surface area contributed by atoms with Gasteiger partial charge in [0.05, 0.1) is 10.5 Å². The maximum Gasteiger partial charge on any atom is 0.252 e. The molecule has 4 rings (SSSR count). The van der Waals surface area contributed by atoms with E-state index in [2.05, 4.69) is 22.1 Å². The third-order valence-corrected chi connectivity index (χ3v) is 8.56. The Morgan fingerprint density at radius 2 is 1.91 bits per heavy atom. The van der Waals surface area contributed by atoms with E-state index in [1.165, 1.54) is 41.8 Å². The van der Waals surface area contributed by atoms with Crippen molar-refractivity contribution in [1.29, 1.82) is 0 Å². The number of H-pyrrole nitrogens is 1. The SMILES string of the molecule is CC1CCCN(S(=O)(=O)c2ccc3[nH]c(=O)cc(C(=O)NCCCN4CCCCC4)c3c2)C1. The van der Waals surface area contributed by atoms with Crippen molar-refractivity contribution in [3.8, 4) is 0 Å². The molecular weight excluding hydrogens is 440 g/mol. The van der Waals surface area contributed by atoms with Crippen LogP contribution in [-0.2, 0) is 10.0 Å². The predicted octanol–water partition coefficient (Wildman–Crippen LogP) is 2.55. The van der Waals surface area contributed by atoms with Crippen molar-refractivity contribution in [1.82, 2.24) is 19.5 Å². The van der Waals surface area contributed by atoms with Crippen LogP contribution in [0.1, 0.15) is 55.8 Å². The number of amides is 1. The number of hydrogen-bond acceptors (Lipinski definition) is 5. The summed E-state index contributed by atoms with van der Waals surface area (Å²) in [5.41, 5.74) is 0.268. The number of nitrogens with one attached hydrogen (secondary N) is 2. The molecule has 1 aromatic heterocycles. The van der Waals surface area contributed by atoms with Crippen molar-refractivity contribution in [2.24, 2.45) is 5.92 Å². The second-order valence-electron chi connectivity index (χ2n) is 9.38. The van der Waals surface area contributed by atoms with Crippen LogP contribution in [0.5, 0.6) is 0 Å². The lowest BCUT2D eigenvalue weighted by Gasteiger charge is -2.30. The second-order valence-corrected chi connectivity index (χ2v) is 11.3. The Morgan fingerprint density at radius 1 is 1.12 bits per heavy atom. The minimum Gasteiger partial charge on any atom is -0.352 e. The van der Waals surface area contributed by atoms with Crippen molar-refractivity contribution in [2.45, 2.75) is 50.3 Å². The molecule has 1 aromatic carbocycles. The number of hydrogen-bond donors (Lipinski definition) is 2. The van der Waals surface area contributed by atoms with Gasteiger partial charge in [-0.2, -0.15) is 4.31 Å². The first-order valence-corrected chi connectivity index (χ1v) is 13.5. The van der Waals surface area contributed by atoms with Crippen LogP contribution in [0.15, 0.2) is 34.0 Å². The molecule has 1 unspecified atom stereocenters. The Morgan fingerprint density at radius 3 is 2.67 bits per heavy atom. The number of pyridine rings is 1. The summed E-state index contributed by atoms with van der Waals surface area (Å²) in [7, 11) is -3.67. The van der Waals surface area contributed by atoms with Crippen molar-refractivity contribution < 1.29 is 13.2 Å². The summed E-state index contributed by atoms with van der Waals surface area (Å²) in [5.74, 6) is -0.0394. The molecule has 2 aliphatic rings. The standard InChI is InChI=1S/C24H34N4O4S/c1-18-7-5-14-28(17-18)33(31,32)19-8-9-22-20(15-19)21(16-23(29)26-22)24(30)25-10-6-13-27-11-3-2-4-12-27/h8-9,15-16,18H,2-7,10-14,17H2,1H3,(H,25,30)(H,26,29). The molecule has 0 bridgehead atoms. The second kappa shape index (κ2) is 10.4. The molecule has 2 aliphatic heterocycles. The zero-order valence-corrected chi connectivity index (χ0v) is 20.1. The molecule has 8 nitrogen and oxygen atoms in total. The van der Waals surface area contributed by atoms with Crippen LogP contribution < -0.4 is 10.9 Å². The molecule has 33 heavy (non-hydrogen) atoms. The maximum absolute atomic E-state index is 13.2. The molecule has 3 heterocycles. The first-order valence-electron chi connectivity index (χ1n) is 12.0. The average molecular weight is 475 g/mol. The fraction of sp³-hybridized carbons (Fsp3) is 0.583. The van der Waals surface area contributed by atoms with Gasteiger partial charge in [-0.25, -0.2) is 8.42 Å². The molecule has 2 N–H and O–H groups in total. The Labute approximate surface area is 195 Å². The summed E-state index contributed by atoms with van der Waals surface area (Å²) >= 11 is 0. The van der Waals surface area contributed by atoms with Crippen LogP contribution >= 0.6 is 0 Å². The number of rotatable bonds is 7. The fourth-order valence-corrected chi connectivity index (χ4v) is 6.50. The van der Waals surface area contributed by atoms with Crippen LogP contribution in [0.3, 0.4) is 0 Å². The molecule has 180 valence electrons. The Bertz CT molecular complexity index is 1150. The summed E-state index contributed by atoms with van der Waals surface area (Å²) in [6.45, 7) is 6.72. The molecule has 1 atom stereocenters. The highest BCUT2D eigenvalue weighted by atomic mass is 32.2. The van der Waals surface area contributed by atoms with Crippen LogP contribution in [0.4, 0.5) is 0 Å². The maximum atomic E-state index is 13.2. The number of sulfonamides is 1. The minimum absolute atomic E-state index is 0.148. The summed E-state index contributed by atoms with van der Waals surface area (Å²) in [4.78, 5) is 30.3. The smallest absolute Gasteiger partial charge is 0.252 e. The van der Waals surface area contributed by atoms with Gasteiger partial charge in [0, 0.05) is 36.6 Å². The van der Waals surface area contributed by atoms with Crippen molar-refractivity contribution in [3.05, 3.63) is 40.2 Å². The average Bonchev–Trinajstić information content (AvgIpc) is 2.81. The quantitative estimate of drug-likeness (QED) is 0.601. The van der Waals surface area contributed by atoms with Crippen molar-refractivity contribution in [3.63, 3.8) is 0 Å². The molecule has 0 spiro atoms. The zero-order valence-electron chi connectivity index (χ0n) is 19.3. The molecule has 0 aliphatic carbocycles. The van der Waals surface area contributed by atoms with E-state index in [-0.39, 0.29) is 21.9 Å². The van der Waals surface area contributed by atoms with E-state index in [1.807, 2.05) is 0 Å². The Hall–Kier alpha value is -2.23. The predicted molar refractivity (Wildman–Crippen MR) is 129 cm³/mol. The third kappa shape index (κ3) is 5.65. The van der Waals surface area contributed by atoms with Crippen LogP contribution in [-0.4, -0.2) is 67.8 Å². The summed E-state index contributed by atoms with van der Waals surface area (Å²) in [6, 6.07) is 5.85. The van der Waals surface area contributed by atoms with Crippen molar-refractivity contribution in [2.75, 3.05) is 39.3 Å². The molecule has 9 heteroatoms. The number of aromatic nitrogens is 1. The van der Waals surface area contributed by atoms with Gasteiger partial charge in [0.2, 0.25) is 15.6 Å². The van der Waals surface area contributed by atoms with Crippen LogP contribution in [0.25, 0.3) is 10.9 Å². The lowest BCUT2D eigenvalue weighted by atomic mass is 10.0. The molecule has 1 amide bonds. The number of benzene rings is 1. The number of fused-ring (bicyclic) bond motifs is 1. The number of aromatic amines is 1. The van der Waals surface area contributed by atoms with E-state index >= 15 is 0 Å². The Kier molecular flexibility index (Phi) is 7.51. The Balaban J connectivity index is 1.52. The number of likely N-dealkylation sites (tertiary alicyclic amines) is 1. The lowest BCUT2D eigenvalue weighted by molar-refractivity contribution is 0.0952. The topological polar surface area (TPSA) is 103 Å². The largest absolute Gasteiger partial charge is 0.352 e. The number of nitrogens with zero attached hydrogens (tertiary/aromatic N) is 2. The highest BCUT2D eigenvalue weighted by Gasteiger charge is 2.29. The van der Waals surface area contributed by atoms with Crippen molar-refractivity contribution >= 4 is 26.8 Å². The van der Waals surface area contributed by atoms with Gasteiger partial charge < -0.3 is 15.2 Å². The fourth-order valence-electron chi connectivity index (χ4n) is 4.88. The number of piperidine rings is 2. The molecule has 0 radical (unpaired) electrons. The molecule has 0 saturated carbocycles. The monoisotopic (exact) mass is 474 g/mol. The van der Waals surface area contributed by atoms with Gasteiger partial charge in [0.15, 0.2) is 0 Å². The molecule has 2 aromatic rings. The summed E-state index contributed by atoms with van der Waals surface area (Å²) in [5, 5.41) is 3.35. The van der Waals surface area contributed by atoms with Gasteiger partial charge >= 0.3 is 0 Å². The van der Waals surface area contributed by atoms with Gasteiger partial charge in [0.25, 0.3) is 5.91 Å². The normalized spacial score (nSPS) is 20.7. The van der Waals surface area contributed by atoms with Crippen LogP contribution in [0.2, 0.25) is 0 Å². The number of carbonyl (C=O) groups excluding carboxylic acids is 1. The highest BCUT2D eigenvalue weighted by molar-refractivity contribution is 7.89. The summed E-state index contributed by atoms with van der Waals surface area (Å²) < 4.78 is 28.0. The third-order valence-electron chi connectivity index (χ3n) is 6.70. The van der Waals surface area contributed by atoms with Gasteiger partial charge in [-0.05, 0) is 75.9 Å². The van der Waals surface area contributed by atoms with Gasteiger partial charge in [-0.15, -0.1) is 0 Å². The van der Waals surface area contributed by atoms with E-state index in [4.69, 9.17) is 0 Å². The molecule has 2 fully saturated rings. The van der Waals surface area contributed by atoms with Gasteiger partial charge in [0.1, 0.15) is 0 Å². The van der Waals surface area contributed by atoms with Crippen LogP contribution in [0, 0.1) is 5.92 Å². The molecular formula is C24H34N4O4S. The first kappa shape index (κ1) is 23.9.